The molecule has 3 nitrogen and oxygen atoms in total. The number of ether oxygens (including phenoxy) is 1. The number of benzene rings is 2. The molecule has 116 valence electrons. The highest BCUT2D eigenvalue weighted by atomic mass is 127. The molecular weight excluding hydrogens is 409 g/mol. The average molecular weight is 427 g/mol. The standard InChI is InChI=1S/C17H18INO2S/c1-19(11-13-3-9-16(22-2)10-4-13)17(20)12-21-15-7-5-14(18)6-8-15/h3-10H,11-12H2,1-2H3. The number of carbonyl (C=O) groups excluding carboxylic acids is 1. The van der Waals surface area contributed by atoms with E-state index in [2.05, 4.69) is 46.9 Å². The summed E-state index contributed by atoms with van der Waals surface area (Å²) < 4.78 is 6.66. The summed E-state index contributed by atoms with van der Waals surface area (Å²) in [5.41, 5.74) is 1.11. The van der Waals surface area contributed by atoms with Gasteiger partial charge in [0.05, 0.1) is 0 Å². The molecule has 2 rings (SSSR count). The summed E-state index contributed by atoms with van der Waals surface area (Å²) in [6.45, 7) is 0.642. The van der Waals surface area contributed by atoms with Crippen LogP contribution in [-0.2, 0) is 11.3 Å². The summed E-state index contributed by atoms with van der Waals surface area (Å²) in [4.78, 5) is 15.0. The van der Waals surface area contributed by atoms with Crippen LogP contribution in [0.1, 0.15) is 5.56 Å². The number of carbonyl (C=O) groups is 1. The van der Waals surface area contributed by atoms with Gasteiger partial charge < -0.3 is 9.64 Å². The van der Waals surface area contributed by atoms with E-state index in [0.29, 0.717) is 12.3 Å². The first-order valence-electron chi connectivity index (χ1n) is 6.84. The lowest BCUT2D eigenvalue weighted by atomic mass is 10.2. The van der Waals surface area contributed by atoms with Crippen LogP contribution in [0.15, 0.2) is 53.4 Å². The minimum Gasteiger partial charge on any atom is -0.484 e. The van der Waals surface area contributed by atoms with E-state index in [1.54, 1.807) is 23.7 Å². The van der Waals surface area contributed by atoms with Crippen LogP contribution in [0.2, 0.25) is 0 Å². The number of nitrogens with zero attached hydrogens (tertiary/aromatic N) is 1. The number of thioether (sulfide) groups is 1. The zero-order valence-corrected chi connectivity index (χ0v) is 15.6. The summed E-state index contributed by atoms with van der Waals surface area (Å²) in [6.07, 6.45) is 2.05. The van der Waals surface area contributed by atoms with Gasteiger partial charge in [0, 0.05) is 22.1 Å². The van der Waals surface area contributed by atoms with E-state index in [4.69, 9.17) is 4.74 Å². The fourth-order valence-electron chi connectivity index (χ4n) is 1.88. The van der Waals surface area contributed by atoms with Crippen LogP contribution in [0.4, 0.5) is 0 Å². The Kier molecular flexibility index (Phi) is 6.57. The molecule has 0 spiro atoms. The lowest BCUT2D eigenvalue weighted by Gasteiger charge is -2.17. The Hall–Kier alpha value is -1.21. The molecule has 0 atom stereocenters. The molecule has 0 saturated carbocycles. The molecule has 1 amide bonds. The van der Waals surface area contributed by atoms with Crippen LogP contribution < -0.4 is 4.74 Å². The maximum atomic E-state index is 12.1. The van der Waals surface area contributed by atoms with Gasteiger partial charge in [-0.05, 0) is 70.8 Å². The molecule has 0 heterocycles. The zero-order chi connectivity index (χ0) is 15.9. The normalized spacial score (nSPS) is 10.3. The van der Waals surface area contributed by atoms with Crippen LogP contribution in [0.5, 0.6) is 5.75 Å². The Morgan fingerprint density at radius 1 is 1.14 bits per heavy atom. The molecule has 2 aromatic rings. The second-order valence-electron chi connectivity index (χ2n) is 4.84. The van der Waals surface area contributed by atoms with Crippen molar-refractivity contribution in [2.24, 2.45) is 0 Å². The summed E-state index contributed by atoms with van der Waals surface area (Å²) in [5.74, 6) is 0.680. The predicted molar refractivity (Wildman–Crippen MR) is 99.4 cm³/mol. The van der Waals surface area contributed by atoms with Crippen molar-refractivity contribution in [2.75, 3.05) is 19.9 Å². The lowest BCUT2D eigenvalue weighted by molar-refractivity contribution is -0.132. The Morgan fingerprint density at radius 2 is 1.77 bits per heavy atom. The first-order valence-corrected chi connectivity index (χ1v) is 9.14. The van der Waals surface area contributed by atoms with Gasteiger partial charge in [0.15, 0.2) is 6.61 Å². The Labute approximate surface area is 149 Å². The van der Waals surface area contributed by atoms with Gasteiger partial charge >= 0.3 is 0 Å². The fraction of sp³-hybridized carbons (Fsp3) is 0.235. The van der Waals surface area contributed by atoms with E-state index in [1.165, 1.54) is 4.90 Å². The van der Waals surface area contributed by atoms with Crippen molar-refractivity contribution in [3.8, 4) is 5.75 Å². The fourth-order valence-corrected chi connectivity index (χ4v) is 2.65. The van der Waals surface area contributed by atoms with E-state index in [1.807, 2.05) is 30.5 Å². The van der Waals surface area contributed by atoms with E-state index in [9.17, 15) is 4.79 Å². The average Bonchev–Trinajstić information content (AvgIpc) is 2.54. The SMILES string of the molecule is CSc1ccc(CN(C)C(=O)COc2ccc(I)cc2)cc1. The van der Waals surface area contributed by atoms with Crippen LogP contribution in [0, 0.1) is 3.57 Å². The first-order chi connectivity index (χ1) is 10.6. The Morgan fingerprint density at radius 3 is 2.36 bits per heavy atom. The summed E-state index contributed by atoms with van der Waals surface area (Å²) in [7, 11) is 1.79. The van der Waals surface area contributed by atoms with Gasteiger partial charge in [-0.15, -0.1) is 11.8 Å². The number of rotatable bonds is 6. The largest absolute Gasteiger partial charge is 0.484 e. The minimum atomic E-state index is -0.0347. The topological polar surface area (TPSA) is 29.5 Å². The molecule has 0 aliphatic heterocycles. The van der Waals surface area contributed by atoms with Crippen LogP contribution in [0.25, 0.3) is 0 Å². The van der Waals surface area contributed by atoms with Gasteiger partial charge in [-0.25, -0.2) is 0 Å². The molecule has 0 fully saturated rings. The third-order valence-corrected chi connectivity index (χ3v) is 4.64. The second kappa shape index (κ2) is 8.43. The van der Waals surface area contributed by atoms with Crippen molar-refractivity contribution in [1.29, 1.82) is 0 Å². The van der Waals surface area contributed by atoms with Crippen molar-refractivity contribution in [3.05, 3.63) is 57.7 Å². The van der Waals surface area contributed by atoms with Crippen molar-refractivity contribution < 1.29 is 9.53 Å². The van der Waals surface area contributed by atoms with Crippen molar-refractivity contribution in [2.45, 2.75) is 11.4 Å². The molecule has 0 radical (unpaired) electrons. The molecule has 0 saturated heterocycles. The number of hydrogen-bond acceptors (Lipinski definition) is 3. The van der Waals surface area contributed by atoms with Crippen molar-refractivity contribution in [3.63, 3.8) is 0 Å². The molecule has 0 aliphatic rings. The summed E-state index contributed by atoms with van der Waals surface area (Å²) in [5, 5.41) is 0. The molecule has 0 bridgehead atoms. The number of likely N-dealkylation sites (N-methyl/N-ethyl adjacent to an activating group) is 1. The summed E-state index contributed by atoms with van der Waals surface area (Å²) >= 11 is 3.94. The van der Waals surface area contributed by atoms with E-state index < -0.39 is 0 Å². The number of hydrogen-bond donors (Lipinski definition) is 0. The van der Waals surface area contributed by atoms with Crippen molar-refractivity contribution in [1.82, 2.24) is 4.90 Å². The summed E-state index contributed by atoms with van der Waals surface area (Å²) in [6, 6.07) is 15.9. The maximum absolute atomic E-state index is 12.1. The van der Waals surface area contributed by atoms with E-state index in [0.717, 1.165) is 9.13 Å². The van der Waals surface area contributed by atoms with Gasteiger partial charge in [-0.3, -0.25) is 4.79 Å². The van der Waals surface area contributed by atoms with Crippen LogP contribution >= 0.6 is 34.4 Å². The molecular formula is C17H18INO2S. The monoisotopic (exact) mass is 427 g/mol. The van der Waals surface area contributed by atoms with Gasteiger partial charge in [-0.1, -0.05) is 12.1 Å². The molecule has 0 N–H and O–H groups in total. The smallest absolute Gasteiger partial charge is 0.260 e. The molecule has 0 unspecified atom stereocenters. The highest BCUT2D eigenvalue weighted by Crippen LogP contribution is 2.16. The van der Waals surface area contributed by atoms with Gasteiger partial charge in [-0.2, -0.15) is 0 Å². The van der Waals surface area contributed by atoms with Crippen LogP contribution in [0.3, 0.4) is 0 Å². The molecule has 22 heavy (non-hydrogen) atoms. The molecule has 0 aromatic heterocycles. The molecule has 2 aromatic carbocycles. The first kappa shape index (κ1) is 17.1. The molecule has 5 heteroatoms. The quantitative estimate of drug-likeness (QED) is 0.515. The molecule has 0 aliphatic carbocycles. The predicted octanol–water partition coefficient (Wildman–Crippen LogP) is 4.05. The van der Waals surface area contributed by atoms with Gasteiger partial charge in [0.1, 0.15) is 5.75 Å². The third-order valence-electron chi connectivity index (χ3n) is 3.18. The Bertz CT molecular complexity index is 614. The van der Waals surface area contributed by atoms with Gasteiger partial charge in [0.2, 0.25) is 0 Å². The Balaban J connectivity index is 1.84. The highest BCUT2D eigenvalue weighted by Gasteiger charge is 2.10. The number of halogens is 1. The second-order valence-corrected chi connectivity index (χ2v) is 6.97. The van der Waals surface area contributed by atoms with Gasteiger partial charge in [0.25, 0.3) is 5.91 Å². The van der Waals surface area contributed by atoms with E-state index >= 15 is 0 Å². The zero-order valence-electron chi connectivity index (χ0n) is 12.6. The van der Waals surface area contributed by atoms with Crippen molar-refractivity contribution >= 4 is 40.3 Å². The highest BCUT2D eigenvalue weighted by molar-refractivity contribution is 14.1. The van der Waals surface area contributed by atoms with Crippen LogP contribution in [-0.4, -0.2) is 30.7 Å². The third kappa shape index (κ3) is 5.21. The minimum absolute atomic E-state index is 0.0347. The lowest BCUT2D eigenvalue weighted by Crippen LogP contribution is -2.30. The maximum Gasteiger partial charge on any atom is 0.260 e. The number of amides is 1. The van der Waals surface area contributed by atoms with E-state index in [-0.39, 0.29) is 12.5 Å².